The van der Waals surface area contributed by atoms with Crippen LogP contribution in [0.15, 0.2) is 52.2 Å². The van der Waals surface area contributed by atoms with Crippen molar-refractivity contribution in [3.8, 4) is 0 Å². The largest absolute Gasteiger partial charge is 0.444 e. The number of rotatable bonds is 5. The second kappa shape index (κ2) is 8.69. The predicted molar refractivity (Wildman–Crippen MR) is 132 cm³/mol. The van der Waals surface area contributed by atoms with Crippen molar-refractivity contribution in [1.29, 1.82) is 0 Å². The fourth-order valence-corrected chi connectivity index (χ4v) is 5.85. The zero-order valence-corrected chi connectivity index (χ0v) is 19.6. The van der Waals surface area contributed by atoms with Crippen LogP contribution in [0.25, 0.3) is 10.9 Å². The summed E-state index contributed by atoms with van der Waals surface area (Å²) in [6.45, 7) is 1.42. The number of carbonyl (C=O) groups is 2. The van der Waals surface area contributed by atoms with Crippen LogP contribution in [0.1, 0.15) is 12.0 Å². The lowest BCUT2D eigenvalue weighted by molar-refractivity contribution is -0.113. The third-order valence-corrected chi connectivity index (χ3v) is 7.81. The fraction of sp³-hybridized carbons (Fsp3) is 0.320. The lowest BCUT2D eigenvalue weighted by Gasteiger charge is -2.28. The molecule has 3 aliphatic rings. The number of cyclic esters (lactones) is 1. The van der Waals surface area contributed by atoms with Crippen LogP contribution in [0, 0.1) is 5.82 Å². The Labute approximate surface area is 204 Å². The van der Waals surface area contributed by atoms with E-state index in [1.54, 1.807) is 27.7 Å². The maximum atomic E-state index is 14.6. The van der Waals surface area contributed by atoms with Crippen LogP contribution in [0.3, 0.4) is 0 Å². The number of nitrogens with zero attached hydrogens (tertiary/aromatic N) is 2. The van der Waals surface area contributed by atoms with Crippen molar-refractivity contribution >= 4 is 46.0 Å². The van der Waals surface area contributed by atoms with Crippen molar-refractivity contribution in [2.45, 2.75) is 36.4 Å². The first kappa shape index (κ1) is 22.1. The molecular weight excluding hydrogens is 471 g/mol. The highest BCUT2D eigenvalue weighted by Crippen LogP contribution is 2.35. The standard InChI is InChI=1S/C25H23FN4O4S/c26-19-4-1-14-2-6-23(32)30-11-15(9-18(19)24(14)30)27-8-7-17-12-29(25(33)34-17)16-3-5-21-20(10-16)28-22(31)13-35-21/h1-6,10,15,17,27H,7-9,11-13H2,(H,28,31)/t15-,17+/m0/s1. The van der Waals surface area contributed by atoms with Gasteiger partial charge in [-0.15, -0.1) is 11.8 Å². The Bertz CT molecular complexity index is 1420. The molecule has 3 aromatic rings. The molecule has 3 aliphatic heterocycles. The number of hydrogen-bond acceptors (Lipinski definition) is 6. The van der Waals surface area contributed by atoms with Gasteiger partial charge >= 0.3 is 6.09 Å². The van der Waals surface area contributed by atoms with Gasteiger partial charge in [-0.3, -0.25) is 14.5 Å². The molecule has 1 fully saturated rings. The Morgan fingerprint density at radius 3 is 2.86 bits per heavy atom. The number of ether oxygens (including phenoxy) is 1. The van der Waals surface area contributed by atoms with Crippen molar-refractivity contribution in [2.24, 2.45) is 0 Å². The number of pyridine rings is 1. The van der Waals surface area contributed by atoms with Gasteiger partial charge in [0.2, 0.25) is 5.91 Å². The molecule has 2 atom stereocenters. The van der Waals surface area contributed by atoms with Crippen LogP contribution in [0.5, 0.6) is 0 Å². The lowest BCUT2D eigenvalue weighted by Crippen LogP contribution is -2.42. The molecule has 35 heavy (non-hydrogen) atoms. The van der Waals surface area contributed by atoms with Crippen LogP contribution in [-0.2, 0) is 22.5 Å². The Kier molecular flexibility index (Phi) is 5.49. The van der Waals surface area contributed by atoms with E-state index >= 15 is 0 Å². The summed E-state index contributed by atoms with van der Waals surface area (Å²) in [5.41, 5.74) is 2.47. The zero-order chi connectivity index (χ0) is 24.1. The van der Waals surface area contributed by atoms with Gasteiger partial charge in [0.25, 0.3) is 5.56 Å². The second-order valence-electron chi connectivity index (χ2n) is 9.02. The van der Waals surface area contributed by atoms with Crippen molar-refractivity contribution < 1.29 is 18.7 Å². The Hall–Kier alpha value is -3.37. The number of halogens is 1. The first-order chi connectivity index (χ1) is 17.0. The number of aromatic nitrogens is 1. The quantitative estimate of drug-likeness (QED) is 0.566. The van der Waals surface area contributed by atoms with Crippen molar-refractivity contribution in [1.82, 2.24) is 9.88 Å². The van der Waals surface area contributed by atoms with Gasteiger partial charge in [0.05, 0.1) is 23.5 Å². The van der Waals surface area contributed by atoms with E-state index in [0.717, 1.165) is 10.3 Å². The van der Waals surface area contributed by atoms with E-state index in [4.69, 9.17) is 4.74 Å². The van der Waals surface area contributed by atoms with E-state index in [1.165, 1.54) is 23.9 Å². The van der Waals surface area contributed by atoms with Gasteiger partial charge in [0.15, 0.2) is 0 Å². The van der Waals surface area contributed by atoms with Crippen molar-refractivity contribution in [3.05, 3.63) is 64.2 Å². The SMILES string of the molecule is O=C1CSc2ccc(N3C[C@@H](CCN[C@H]4Cc5c(F)ccc6ccc(=O)n(c56)C4)OC3=O)cc2N1. The van der Waals surface area contributed by atoms with Gasteiger partial charge in [0.1, 0.15) is 11.9 Å². The summed E-state index contributed by atoms with van der Waals surface area (Å²) in [6, 6.07) is 11.9. The maximum Gasteiger partial charge on any atom is 0.414 e. The van der Waals surface area contributed by atoms with Gasteiger partial charge in [-0.1, -0.05) is 0 Å². The van der Waals surface area contributed by atoms with Crippen molar-refractivity contribution in [3.63, 3.8) is 0 Å². The van der Waals surface area contributed by atoms with Gasteiger partial charge in [0, 0.05) is 34.8 Å². The normalized spacial score (nSPS) is 21.1. The molecule has 2 amide bonds. The highest BCUT2D eigenvalue weighted by Gasteiger charge is 2.33. The number of carbonyl (C=O) groups excluding carboxylic acids is 2. The molecule has 1 aromatic heterocycles. The van der Waals surface area contributed by atoms with Crippen LogP contribution >= 0.6 is 11.8 Å². The molecule has 1 saturated heterocycles. The summed E-state index contributed by atoms with van der Waals surface area (Å²) in [4.78, 5) is 39.2. The molecule has 10 heteroatoms. The summed E-state index contributed by atoms with van der Waals surface area (Å²) in [5, 5.41) is 7.12. The molecule has 8 nitrogen and oxygen atoms in total. The van der Waals surface area contributed by atoms with Gasteiger partial charge in [-0.05, 0) is 61.2 Å². The first-order valence-electron chi connectivity index (χ1n) is 11.6. The Morgan fingerprint density at radius 2 is 1.97 bits per heavy atom. The molecule has 6 rings (SSSR count). The molecule has 0 unspecified atom stereocenters. The number of amides is 2. The summed E-state index contributed by atoms with van der Waals surface area (Å²) < 4.78 is 21.8. The highest BCUT2D eigenvalue weighted by molar-refractivity contribution is 8.00. The minimum atomic E-state index is -0.420. The highest BCUT2D eigenvalue weighted by atomic mass is 32.2. The summed E-state index contributed by atoms with van der Waals surface area (Å²) in [7, 11) is 0. The minimum Gasteiger partial charge on any atom is -0.444 e. The molecule has 0 bridgehead atoms. The lowest BCUT2D eigenvalue weighted by atomic mass is 9.97. The number of thioether (sulfide) groups is 1. The number of fused-ring (bicyclic) bond motifs is 1. The molecule has 2 N–H and O–H groups in total. The van der Waals surface area contributed by atoms with Crippen LogP contribution in [0.4, 0.5) is 20.6 Å². The third-order valence-electron chi connectivity index (χ3n) is 6.73. The third kappa shape index (κ3) is 4.06. The van der Waals surface area contributed by atoms with E-state index < -0.39 is 6.09 Å². The van der Waals surface area contributed by atoms with E-state index in [0.29, 0.717) is 60.7 Å². The molecule has 4 heterocycles. The van der Waals surface area contributed by atoms with Crippen LogP contribution in [-0.4, -0.2) is 47.6 Å². The maximum absolute atomic E-state index is 14.6. The average Bonchev–Trinajstić information content (AvgIpc) is 3.22. The zero-order valence-electron chi connectivity index (χ0n) is 18.8. The fourth-order valence-electron chi connectivity index (χ4n) is 5.06. The molecular formula is C25H23FN4O4S. The van der Waals surface area contributed by atoms with Gasteiger partial charge in [-0.25, -0.2) is 9.18 Å². The van der Waals surface area contributed by atoms with E-state index in [1.807, 2.05) is 12.1 Å². The summed E-state index contributed by atoms with van der Waals surface area (Å²) in [5.74, 6) is 0.0237. The van der Waals surface area contributed by atoms with Crippen LogP contribution < -0.4 is 21.1 Å². The smallest absolute Gasteiger partial charge is 0.414 e. The van der Waals surface area contributed by atoms with E-state index in [-0.39, 0.29) is 29.4 Å². The van der Waals surface area contributed by atoms with Crippen LogP contribution in [0.2, 0.25) is 0 Å². The first-order valence-corrected chi connectivity index (χ1v) is 12.5. The number of benzene rings is 2. The Balaban J connectivity index is 1.09. The summed E-state index contributed by atoms with van der Waals surface area (Å²) >= 11 is 1.47. The molecule has 180 valence electrons. The number of nitrogens with one attached hydrogen (secondary N) is 2. The monoisotopic (exact) mass is 494 g/mol. The van der Waals surface area contributed by atoms with Gasteiger partial charge in [-0.2, -0.15) is 0 Å². The van der Waals surface area contributed by atoms with Gasteiger partial charge < -0.3 is 19.9 Å². The molecule has 0 spiro atoms. The number of hydrogen-bond donors (Lipinski definition) is 2. The summed E-state index contributed by atoms with van der Waals surface area (Å²) in [6.07, 6.45) is 0.354. The van der Waals surface area contributed by atoms with E-state index in [9.17, 15) is 18.8 Å². The molecule has 0 aliphatic carbocycles. The topological polar surface area (TPSA) is 92.7 Å². The second-order valence-corrected chi connectivity index (χ2v) is 10.0. The van der Waals surface area contributed by atoms with Crippen molar-refractivity contribution in [2.75, 3.05) is 29.1 Å². The molecule has 0 saturated carbocycles. The molecule has 0 radical (unpaired) electrons. The van der Waals surface area contributed by atoms with E-state index in [2.05, 4.69) is 10.6 Å². The minimum absolute atomic E-state index is 0.0590. The predicted octanol–water partition coefficient (Wildman–Crippen LogP) is 3.11. The number of anilines is 2. The molecule has 2 aromatic carbocycles. The average molecular weight is 495 g/mol. The Morgan fingerprint density at radius 1 is 1.11 bits per heavy atom.